The molecule has 104 valence electrons. The number of fused-ring (bicyclic) bond motifs is 1. The molecule has 0 bridgehead atoms. The summed E-state index contributed by atoms with van der Waals surface area (Å²) in [5.41, 5.74) is 7.77. The van der Waals surface area contributed by atoms with E-state index in [9.17, 15) is 0 Å². The van der Waals surface area contributed by atoms with Crippen LogP contribution in [0.1, 0.15) is 19.1 Å². The molecular formula is C15H17N3O2. The lowest BCUT2D eigenvalue weighted by Crippen LogP contribution is -2.03. The summed E-state index contributed by atoms with van der Waals surface area (Å²) in [7, 11) is 0. The van der Waals surface area contributed by atoms with Gasteiger partial charge in [0.25, 0.3) is 0 Å². The van der Waals surface area contributed by atoms with Crippen molar-refractivity contribution in [1.82, 2.24) is 9.55 Å². The molecule has 0 saturated carbocycles. The molecule has 0 saturated heterocycles. The number of rotatable bonds is 5. The molecule has 1 aromatic carbocycles. The summed E-state index contributed by atoms with van der Waals surface area (Å²) in [5, 5.41) is 0. The summed E-state index contributed by atoms with van der Waals surface area (Å²) in [6.07, 6.45) is 2.61. The van der Waals surface area contributed by atoms with Gasteiger partial charge in [0.1, 0.15) is 17.0 Å². The Hall–Kier alpha value is -2.43. The van der Waals surface area contributed by atoms with Gasteiger partial charge < -0.3 is 19.5 Å². The zero-order valence-electron chi connectivity index (χ0n) is 11.4. The van der Waals surface area contributed by atoms with Crippen molar-refractivity contribution < 1.29 is 9.15 Å². The number of furan rings is 1. The van der Waals surface area contributed by atoms with Crippen molar-refractivity contribution in [2.75, 3.05) is 12.3 Å². The van der Waals surface area contributed by atoms with E-state index < -0.39 is 0 Å². The third-order valence-electron chi connectivity index (χ3n) is 3.13. The fraction of sp³-hybridized carbons (Fsp3) is 0.267. The van der Waals surface area contributed by atoms with E-state index in [-0.39, 0.29) is 0 Å². The van der Waals surface area contributed by atoms with Crippen LogP contribution in [0.15, 0.2) is 41.0 Å². The number of benzene rings is 1. The number of para-hydroxylation sites is 1. The van der Waals surface area contributed by atoms with Crippen molar-refractivity contribution in [3.05, 3.63) is 42.4 Å². The first-order valence-corrected chi connectivity index (χ1v) is 6.69. The highest BCUT2D eigenvalue weighted by Crippen LogP contribution is 2.27. The Morgan fingerprint density at radius 2 is 2.20 bits per heavy atom. The zero-order chi connectivity index (χ0) is 13.9. The van der Waals surface area contributed by atoms with Gasteiger partial charge in [-0.2, -0.15) is 0 Å². The van der Waals surface area contributed by atoms with E-state index >= 15 is 0 Å². The maximum Gasteiger partial charge on any atom is 0.201 e. The van der Waals surface area contributed by atoms with E-state index in [2.05, 4.69) is 11.9 Å². The van der Waals surface area contributed by atoms with Crippen molar-refractivity contribution in [1.29, 1.82) is 0 Å². The average molecular weight is 271 g/mol. The zero-order valence-corrected chi connectivity index (χ0v) is 11.4. The molecule has 0 spiro atoms. The van der Waals surface area contributed by atoms with Crippen LogP contribution in [0.3, 0.4) is 0 Å². The summed E-state index contributed by atoms with van der Waals surface area (Å²) in [5.74, 6) is 2.08. The Balaban J connectivity index is 2.02. The molecular weight excluding hydrogens is 254 g/mol. The lowest BCUT2D eigenvalue weighted by Gasteiger charge is -2.06. The minimum absolute atomic E-state index is 0.462. The van der Waals surface area contributed by atoms with Crippen LogP contribution in [-0.2, 0) is 6.54 Å². The fourth-order valence-electron chi connectivity index (χ4n) is 2.19. The van der Waals surface area contributed by atoms with Crippen molar-refractivity contribution in [3.8, 4) is 5.75 Å². The van der Waals surface area contributed by atoms with E-state index in [1.165, 1.54) is 0 Å². The number of imidazole rings is 1. The van der Waals surface area contributed by atoms with Gasteiger partial charge in [-0.05, 0) is 30.7 Å². The molecule has 5 nitrogen and oxygen atoms in total. The van der Waals surface area contributed by atoms with Gasteiger partial charge in [-0.25, -0.2) is 4.98 Å². The summed E-state index contributed by atoms with van der Waals surface area (Å²) in [6, 6.07) is 9.64. The fourth-order valence-corrected chi connectivity index (χ4v) is 2.19. The largest absolute Gasteiger partial charge is 0.491 e. The predicted molar refractivity (Wildman–Crippen MR) is 77.7 cm³/mol. The number of nitrogen functional groups attached to an aromatic ring is 1. The quantitative estimate of drug-likeness (QED) is 0.774. The van der Waals surface area contributed by atoms with Gasteiger partial charge in [-0.3, -0.25) is 0 Å². The van der Waals surface area contributed by atoms with Gasteiger partial charge in [-0.15, -0.1) is 0 Å². The molecule has 0 fully saturated rings. The van der Waals surface area contributed by atoms with Gasteiger partial charge in [0, 0.05) is 0 Å². The van der Waals surface area contributed by atoms with E-state index in [0.717, 1.165) is 29.0 Å². The number of aromatic nitrogens is 2. The third-order valence-corrected chi connectivity index (χ3v) is 3.13. The van der Waals surface area contributed by atoms with Crippen LogP contribution < -0.4 is 10.5 Å². The molecule has 2 heterocycles. The maximum atomic E-state index is 6.02. The molecule has 0 atom stereocenters. The van der Waals surface area contributed by atoms with Gasteiger partial charge in [-0.1, -0.05) is 13.0 Å². The molecule has 2 N–H and O–H groups in total. The maximum absolute atomic E-state index is 6.02. The standard InChI is InChI=1S/C15H17N3O2/c1-2-8-20-13-7-3-6-12-14(13)17-15(16)18(12)10-11-5-4-9-19-11/h3-7,9H,2,8,10H2,1H3,(H2,16,17). The second-order valence-electron chi connectivity index (χ2n) is 4.61. The molecule has 0 amide bonds. The van der Waals surface area contributed by atoms with E-state index in [0.29, 0.717) is 19.1 Å². The Bertz CT molecular complexity index is 701. The van der Waals surface area contributed by atoms with Crippen LogP contribution in [0, 0.1) is 0 Å². The van der Waals surface area contributed by atoms with Crippen molar-refractivity contribution in [3.63, 3.8) is 0 Å². The second-order valence-corrected chi connectivity index (χ2v) is 4.61. The first-order chi connectivity index (χ1) is 9.79. The van der Waals surface area contributed by atoms with Crippen LogP contribution in [-0.4, -0.2) is 16.2 Å². The van der Waals surface area contributed by atoms with E-state index in [4.69, 9.17) is 14.9 Å². The van der Waals surface area contributed by atoms with Crippen molar-refractivity contribution >= 4 is 17.0 Å². The molecule has 0 aliphatic heterocycles. The van der Waals surface area contributed by atoms with Crippen LogP contribution in [0.5, 0.6) is 5.75 Å². The topological polar surface area (TPSA) is 66.2 Å². The molecule has 0 aliphatic carbocycles. The monoisotopic (exact) mass is 271 g/mol. The molecule has 2 aromatic heterocycles. The Kier molecular flexibility index (Phi) is 3.33. The van der Waals surface area contributed by atoms with E-state index in [1.807, 2.05) is 34.9 Å². The number of ether oxygens (including phenoxy) is 1. The second kappa shape index (κ2) is 5.28. The van der Waals surface area contributed by atoms with Crippen LogP contribution in [0.2, 0.25) is 0 Å². The predicted octanol–water partition coefficient (Wildman–Crippen LogP) is 3.05. The average Bonchev–Trinajstić information content (AvgIpc) is 3.06. The number of hydrogen-bond donors (Lipinski definition) is 1. The summed E-state index contributed by atoms with van der Waals surface area (Å²) in [4.78, 5) is 4.42. The Labute approximate surface area is 117 Å². The SMILES string of the molecule is CCCOc1cccc2c1nc(N)n2Cc1ccco1. The van der Waals surface area contributed by atoms with Crippen LogP contribution in [0.4, 0.5) is 5.95 Å². The first-order valence-electron chi connectivity index (χ1n) is 6.69. The summed E-state index contributed by atoms with van der Waals surface area (Å²) >= 11 is 0. The highest BCUT2D eigenvalue weighted by molar-refractivity contribution is 5.84. The third kappa shape index (κ3) is 2.22. The minimum atomic E-state index is 0.462. The molecule has 20 heavy (non-hydrogen) atoms. The number of anilines is 1. The lowest BCUT2D eigenvalue weighted by atomic mass is 10.3. The Morgan fingerprint density at radius 1 is 1.30 bits per heavy atom. The minimum Gasteiger partial charge on any atom is -0.491 e. The van der Waals surface area contributed by atoms with Gasteiger partial charge in [0.15, 0.2) is 0 Å². The van der Waals surface area contributed by atoms with Gasteiger partial charge in [0.05, 0.1) is 24.9 Å². The van der Waals surface area contributed by atoms with E-state index in [1.54, 1.807) is 6.26 Å². The normalized spacial score (nSPS) is 11.1. The summed E-state index contributed by atoms with van der Waals surface area (Å²) < 4.78 is 13.0. The highest BCUT2D eigenvalue weighted by Gasteiger charge is 2.13. The first kappa shape index (κ1) is 12.6. The van der Waals surface area contributed by atoms with Gasteiger partial charge in [0.2, 0.25) is 5.95 Å². The van der Waals surface area contributed by atoms with Crippen LogP contribution in [0.25, 0.3) is 11.0 Å². The molecule has 3 rings (SSSR count). The highest BCUT2D eigenvalue weighted by atomic mass is 16.5. The molecule has 0 aliphatic rings. The van der Waals surface area contributed by atoms with Crippen molar-refractivity contribution in [2.24, 2.45) is 0 Å². The molecule has 0 unspecified atom stereocenters. The number of nitrogens with zero attached hydrogens (tertiary/aromatic N) is 2. The smallest absolute Gasteiger partial charge is 0.201 e. The molecule has 5 heteroatoms. The summed E-state index contributed by atoms with van der Waals surface area (Å²) in [6.45, 7) is 3.31. The Morgan fingerprint density at radius 3 is 2.95 bits per heavy atom. The number of nitrogens with two attached hydrogens (primary N) is 1. The lowest BCUT2D eigenvalue weighted by molar-refractivity contribution is 0.320. The van der Waals surface area contributed by atoms with Gasteiger partial charge >= 0.3 is 0 Å². The molecule has 0 radical (unpaired) electrons. The molecule has 3 aromatic rings. The van der Waals surface area contributed by atoms with Crippen molar-refractivity contribution in [2.45, 2.75) is 19.9 Å². The van der Waals surface area contributed by atoms with Crippen LogP contribution >= 0.6 is 0 Å². The number of hydrogen-bond acceptors (Lipinski definition) is 4.